The van der Waals surface area contributed by atoms with Crippen molar-refractivity contribution in [2.45, 2.75) is 38.9 Å². The predicted molar refractivity (Wildman–Crippen MR) is 73.9 cm³/mol. The van der Waals surface area contributed by atoms with Crippen LogP contribution in [-0.2, 0) is 4.74 Å². The van der Waals surface area contributed by atoms with Crippen LogP contribution in [0.25, 0.3) is 0 Å². The largest absolute Gasteiger partial charge is 0.389 e. The van der Waals surface area contributed by atoms with E-state index in [1.165, 1.54) is 18.5 Å². The lowest BCUT2D eigenvalue weighted by Crippen LogP contribution is -2.31. The zero-order chi connectivity index (χ0) is 13.0. The van der Waals surface area contributed by atoms with Crippen molar-refractivity contribution in [1.29, 1.82) is 0 Å². The quantitative estimate of drug-likeness (QED) is 0.871. The van der Waals surface area contributed by atoms with E-state index in [9.17, 15) is 5.11 Å². The molecule has 0 aromatic heterocycles. The molecule has 1 heterocycles. The number of anilines is 1. The Labute approximate surface area is 109 Å². The van der Waals surface area contributed by atoms with Gasteiger partial charge >= 0.3 is 0 Å². The van der Waals surface area contributed by atoms with Gasteiger partial charge in [0, 0.05) is 25.4 Å². The van der Waals surface area contributed by atoms with E-state index in [0.29, 0.717) is 6.10 Å². The topological polar surface area (TPSA) is 32.7 Å². The zero-order valence-electron chi connectivity index (χ0n) is 11.3. The molecule has 1 saturated heterocycles. The Hall–Kier alpha value is -1.06. The Morgan fingerprint density at radius 1 is 1.39 bits per heavy atom. The summed E-state index contributed by atoms with van der Waals surface area (Å²) < 4.78 is 5.69. The Kier molecular flexibility index (Phi) is 4.61. The molecule has 2 rings (SSSR count). The van der Waals surface area contributed by atoms with Crippen LogP contribution in [0.2, 0.25) is 0 Å². The molecule has 0 spiro atoms. The first kappa shape index (κ1) is 13.4. The van der Waals surface area contributed by atoms with E-state index in [1.54, 1.807) is 6.92 Å². The van der Waals surface area contributed by atoms with Crippen molar-refractivity contribution < 1.29 is 9.84 Å². The fraction of sp³-hybridized carbons (Fsp3) is 0.600. The summed E-state index contributed by atoms with van der Waals surface area (Å²) in [6, 6.07) is 8.16. The van der Waals surface area contributed by atoms with Crippen LogP contribution in [0.1, 0.15) is 38.4 Å². The number of likely N-dealkylation sites (N-methyl/N-ethyl adjacent to an activating group) is 1. The lowest BCUT2D eigenvalue weighted by atomic mass is 10.1. The molecule has 100 valence electrons. The maximum atomic E-state index is 9.51. The van der Waals surface area contributed by atoms with Crippen LogP contribution in [0.4, 0.5) is 5.69 Å². The van der Waals surface area contributed by atoms with Gasteiger partial charge in [0.1, 0.15) is 0 Å². The maximum Gasteiger partial charge on any atom is 0.0761 e. The van der Waals surface area contributed by atoms with Gasteiger partial charge in [-0.3, -0.25) is 0 Å². The third-order valence-corrected chi connectivity index (χ3v) is 3.57. The number of nitrogens with zero attached hydrogens (tertiary/aromatic N) is 1. The highest BCUT2D eigenvalue weighted by Crippen LogP contribution is 2.21. The Balaban J connectivity index is 2.02. The third kappa shape index (κ3) is 3.24. The average Bonchev–Trinajstić information content (AvgIpc) is 2.89. The summed E-state index contributed by atoms with van der Waals surface area (Å²) in [6.07, 6.45) is 2.33. The standard InChI is InChI=1S/C15H23NO2/c1-3-16(11-15-5-4-10-18-15)14-8-6-13(7-9-14)12(2)17/h6-9,12,15,17H,3-5,10-11H2,1-2H3. The monoisotopic (exact) mass is 249 g/mol. The molecule has 1 aromatic rings. The average molecular weight is 249 g/mol. The van der Waals surface area contributed by atoms with Crippen LogP contribution in [0.15, 0.2) is 24.3 Å². The molecule has 1 aromatic carbocycles. The van der Waals surface area contributed by atoms with Gasteiger partial charge in [-0.05, 0) is 44.4 Å². The van der Waals surface area contributed by atoms with Gasteiger partial charge < -0.3 is 14.7 Å². The zero-order valence-corrected chi connectivity index (χ0v) is 11.3. The Morgan fingerprint density at radius 2 is 2.11 bits per heavy atom. The molecule has 1 fully saturated rings. The fourth-order valence-corrected chi connectivity index (χ4v) is 2.41. The van der Waals surface area contributed by atoms with Gasteiger partial charge in [0.05, 0.1) is 12.2 Å². The summed E-state index contributed by atoms with van der Waals surface area (Å²) >= 11 is 0. The molecule has 3 nitrogen and oxygen atoms in total. The third-order valence-electron chi connectivity index (χ3n) is 3.57. The summed E-state index contributed by atoms with van der Waals surface area (Å²) in [5.74, 6) is 0. The number of hydrogen-bond acceptors (Lipinski definition) is 3. The number of ether oxygens (including phenoxy) is 1. The lowest BCUT2D eigenvalue weighted by molar-refractivity contribution is 0.115. The molecule has 0 bridgehead atoms. The molecule has 18 heavy (non-hydrogen) atoms. The number of rotatable bonds is 5. The number of aliphatic hydroxyl groups excluding tert-OH is 1. The summed E-state index contributed by atoms with van der Waals surface area (Å²) in [5.41, 5.74) is 2.17. The van der Waals surface area contributed by atoms with Gasteiger partial charge in [-0.1, -0.05) is 12.1 Å². The molecule has 0 amide bonds. The molecule has 1 N–H and O–H groups in total. The second kappa shape index (κ2) is 6.21. The summed E-state index contributed by atoms with van der Waals surface area (Å²) in [4.78, 5) is 2.34. The summed E-state index contributed by atoms with van der Waals surface area (Å²) in [5, 5.41) is 9.51. The van der Waals surface area contributed by atoms with Crippen LogP contribution in [0, 0.1) is 0 Å². The molecule has 0 aliphatic carbocycles. The predicted octanol–water partition coefficient (Wildman–Crippen LogP) is 2.75. The smallest absolute Gasteiger partial charge is 0.0761 e. The van der Waals surface area contributed by atoms with Crippen LogP contribution < -0.4 is 4.90 Å². The van der Waals surface area contributed by atoms with Crippen molar-refractivity contribution in [2.75, 3.05) is 24.6 Å². The first-order chi connectivity index (χ1) is 8.70. The van der Waals surface area contributed by atoms with E-state index < -0.39 is 6.10 Å². The van der Waals surface area contributed by atoms with E-state index in [0.717, 1.165) is 25.3 Å². The Morgan fingerprint density at radius 3 is 2.61 bits per heavy atom. The second-order valence-corrected chi connectivity index (χ2v) is 4.94. The van der Waals surface area contributed by atoms with E-state index in [2.05, 4.69) is 24.0 Å². The van der Waals surface area contributed by atoms with Gasteiger partial charge in [0.25, 0.3) is 0 Å². The van der Waals surface area contributed by atoms with Crippen molar-refractivity contribution in [1.82, 2.24) is 0 Å². The highest BCUT2D eigenvalue weighted by molar-refractivity contribution is 5.48. The first-order valence-corrected chi connectivity index (χ1v) is 6.85. The minimum atomic E-state index is -0.396. The lowest BCUT2D eigenvalue weighted by Gasteiger charge is -2.26. The number of aliphatic hydroxyl groups is 1. The second-order valence-electron chi connectivity index (χ2n) is 4.94. The fourth-order valence-electron chi connectivity index (χ4n) is 2.41. The molecule has 2 atom stereocenters. The van der Waals surface area contributed by atoms with Gasteiger partial charge in [-0.15, -0.1) is 0 Å². The van der Waals surface area contributed by atoms with Gasteiger partial charge in [0.15, 0.2) is 0 Å². The molecule has 1 aliphatic rings. The van der Waals surface area contributed by atoms with Gasteiger partial charge in [-0.2, -0.15) is 0 Å². The summed E-state index contributed by atoms with van der Waals surface area (Å²) in [6.45, 7) is 6.80. The van der Waals surface area contributed by atoms with Crippen LogP contribution >= 0.6 is 0 Å². The van der Waals surface area contributed by atoms with Crippen LogP contribution in [0.3, 0.4) is 0 Å². The molecular weight excluding hydrogens is 226 g/mol. The highest BCUT2D eigenvalue weighted by Gasteiger charge is 2.18. The van der Waals surface area contributed by atoms with E-state index in [-0.39, 0.29) is 0 Å². The molecule has 0 radical (unpaired) electrons. The van der Waals surface area contributed by atoms with Crippen LogP contribution in [0.5, 0.6) is 0 Å². The van der Waals surface area contributed by atoms with Crippen molar-refractivity contribution in [3.05, 3.63) is 29.8 Å². The van der Waals surface area contributed by atoms with Gasteiger partial charge in [0.2, 0.25) is 0 Å². The normalized spacial score (nSPS) is 20.9. The Bertz CT molecular complexity index is 355. The molecule has 3 heteroatoms. The highest BCUT2D eigenvalue weighted by atomic mass is 16.5. The molecule has 0 saturated carbocycles. The maximum absolute atomic E-state index is 9.51. The van der Waals surface area contributed by atoms with Crippen molar-refractivity contribution in [3.8, 4) is 0 Å². The van der Waals surface area contributed by atoms with Crippen molar-refractivity contribution in [2.24, 2.45) is 0 Å². The van der Waals surface area contributed by atoms with Gasteiger partial charge in [-0.25, -0.2) is 0 Å². The van der Waals surface area contributed by atoms with E-state index in [4.69, 9.17) is 4.74 Å². The number of benzene rings is 1. The number of hydrogen-bond donors (Lipinski definition) is 1. The molecular formula is C15H23NO2. The van der Waals surface area contributed by atoms with Crippen LogP contribution in [-0.4, -0.2) is 30.9 Å². The minimum Gasteiger partial charge on any atom is -0.389 e. The van der Waals surface area contributed by atoms with Crippen molar-refractivity contribution >= 4 is 5.69 Å². The SMILES string of the molecule is CCN(CC1CCCO1)c1ccc(C(C)O)cc1. The minimum absolute atomic E-state index is 0.376. The first-order valence-electron chi connectivity index (χ1n) is 6.85. The summed E-state index contributed by atoms with van der Waals surface area (Å²) in [7, 11) is 0. The molecule has 1 aliphatic heterocycles. The van der Waals surface area contributed by atoms with Crippen molar-refractivity contribution in [3.63, 3.8) is 0 Å². The molecule has 2 unspecified atom stereocenters. The van der Waals surface area contributed by atoms with E-state index in [1.807, 2.05) is 12.1 Å². The van der Waals surface area contributed by atoms with E-state index >= 15 is 0 Å².